The Balaban J connectivity index is 1.10. The highest BCUT2D eigenvalue weighted by molar-refractivity contribution is 5.68. The molecule has 6 nitrogen and oxygen atoms in total. The predicted octanol–water partition coefficient (Wildman–Crippen LogP) is 7.08. The van der Waals surface area contributed by atoms with Gasteiger partial charge in [-0.05, 0) is 98.9 Å². The fourth-order valence-electron chi connectivity index (χ4n) is 7.37. The van der Waals surface area contributed by atoms with Gasteiger partial charge in [-0.1, -0.05) is 48.5 Å². The smallest absolute Gasteiger partial charge is 0.410 e. The predicted molar refractivity (Wildman–Crippen MR) is 173 cm³/mol. The summed E-state index contributed by atoms with van der Waals surface area (Å²) < 4.78 is 11.1. The number of methoxy groups -OCH3 is 1. The van der Waals surface area contributed by atoms with Crippen molar-refractivity contribution in [1.82, 2.24) is 9.80 Å². The van der Waals surface area contributed by atoms with Gasteiger partial charge in [0.05, 0.1) is 7.11 Å². The van der Waals surface area contributed by atoms with E-state index in [2.05, 4.69) is 82.6 Å². The number of benzene rings is 3. The number of aryl methyl sites for hydroxylation is 1. The Morgan fingerprint density at radius 1 is 0.791 bits per heavy atom. The van der Waals surface area contributed by atoms with Crippen molar-refractivity contribution >= 4 is 11.8 Å². The highest BCUT2D eigenvalue weighted by Gasteiger charge is 2.33. The Morgan fingerprint density at radius 3 is 2.14 bits per heavy atom. The van der Waals surface area contributed by atoms with Crippen molar-refractivity contribution in [2.24, 2.45) is 0 Å². The van der Waals surface area contributed by atoms with E-state index in [1.807, 2.05) is 25.7 Å². The van der Waals surface area contributed by atoms with Crippen LogP contribution in [0.2, 0.25) is 0 Å². The van der Waals surface area contributed by atoms with Gasteiger partial charge in [-0.25, -0.2) is 4.79 Å². The van der Waals surface area contributed by atoms with Gasteiger partial charge in [-0.2, -0.15) is 0 Å². The van der Waals surface area contributed by atoms with Crippen LogP contribution in [0.5, 0.6) is 5.75 Å². The minimum Gasteiger partial charge on any atom is -0.497 e. The Morgan fingerprint density at radius 2 is 1.49 bits per heavy atom. The van der Waals surface area contributed by atoms with Crippen molar-refractivity contribution in [3.63, 3.8) is 0 Å². The van der Waals surface area contributed by atoms with E-state index < -0.39 is 5.60 Å². The first-order valence-electron chi connectivity index (χ1n) is 16.1. The van der Waals surface area contributed by atoms with Crippen LogP contribution in [0.15, 0.2) is 72.8 Å². The topological polar surface area (TPSA) is 45.2 Å². The summed E-state index contributed by atoms with van der Waals surface area (Å²) in [5.41, 5.74) is 6.53. The molecule has 0 aromatic heterocycles. The molecule has 0 N–H and O–H groups in total. The number of hydrogen-bond acceptors (Lipinski definition) is 5. The maximum atomic E-state index is 12.5. The van der Waals surface area contributed by atoms with E-state index in [9.17, 15) is 4.79 Å². The van der Waals surface area contributed by atoms with E-state index in [1.54, 1.807) is 7.11 Å². The number of carbonyl (C=O) groups is 1. The van der Waals surface area contributed by atoms with Crippen molar-refractivity contribution in [1.29, 1.82) is 0 Å². The summed E-state index contributed by atoms with van der Waals surface area (Å²) in [6, 6.07) is 27.7. The van der Waals surface area contributed by atoms with Crippen LogP contribution in [-0.4, -0.2) is 73.9 Å². The average Bonchev–Trinajstić information content (AvgIpc) is 3.04. The molecule has 1 amide bonds. The molecule has 2 heterocycles. The molecular formula is C37H47N3O3. The third-order valence-electron chi connectivity index (χ3n) is 9.60. The average molecular weight is 582 g/mol. The summed E-state index contributed by atoms with van der Waals surface area (Å²) in [5.74, 6) is 1.73. The molecule has 2 fully saturated rings. The van der Waals surface area contributed by atoms with Crippen LogP contribution in [-0.2, 0) is 11.2 Å². The largest absolute Gasteiger partial charge is 0.497 e. The van der Waals surface area contributed by atoms with Crippen LogP contribution in [0.1, 0.15) is 74.1 Å². The summed E-state index contributed by atoms with van der Waals surface area (Å²) in [6.45, 7) is 11.3. The number of hydrogen-bond donors (Lipinski definition) is 0. The van der Waals surface area contributed by atoms with E-state index in [1.165, 1.54) is 27.9 Å². The quantitative estimate of drug-likeness (QED) is 0.322. The van der Waals surface area contributed by atoms with Gasteiger partial charge in [0.2, 0.25) is 0 Å². The molecule has 0 radical (unpaired) electrons. The summed E-state index contributed by atoms with van der Waals surface area (Å²) in [4.78, 5) is 19.5. The molecule has 0 unspecified atom stereocenters. The highest BCUT2D eigenvalue weighted by Crippen LogP contribution is 2.47. The second-order valence-electron chi connectivity index (χ2n) is 13.4. The third-order valence-corrected chi connectivity index (χ3v) is 9.60. The minimum absolute atomic E-state index is 0.183. The second-order valence-corrected chi connectivity index (χ2v) is 13.4. The SMILES string of the molecule is COc1ccc2c(c1)CC[C@H](c1ccccc1)[C@@H]2c1ccc(N2CCC(N3CCN(C(=O)OC(C)(C)C)CC3)CC2)cc1. The summed E-state index contributed by atoms with van der Waals surface area (Å²) in [5, 5.41) is 0. The molecule has 0 bridgehead atoms. The van der Waals surface area contributed by atoms with Gasteiger partial charge < -0.3 is 19.3 Å². The van der Waals surface area contributed by atoms with E-state index >= 15 is 0 Å². The Kier molecular flexibility index (Phi) is 8.67. The molecule has 0 spiro atoms. The third kappa shape index (κ3) is 6.70. The number of piperazine rings is 1. The summed E-state index contributed by atoms with van der Waals surface area (Å²) >= 11 is 0. The highest BCUT2D eigenvalue weighted by atomic mass is 16.6. The minimum atomic E-state index is -0.447. The van der Waals surface area contributed by atoms with E-state index in [0.717, 1.165) is 70.7 Å². The van der Waals surface area contributed by atoms with Crippen molar-refractivity contribution in [3.05, 3.63) is 95.1 Å². The van der Waals surface area contributed by atoms with Gasteiger partial charge in [0.15, 0.2) is 0 Å². The van der Waals surface area contributed by atoms with E-state index in [-0.39, 0.29) is 6.09 Å². The lowest BCUT2D eigenvalue weighted by Gasteiger charge is -2.43. The number of nitrogens with zero attached hydrogens (tertiary/aromatic N) is 3. The van der Waals surface area contributed by atoms with Crippen LogP contribution >= 0.6 is 0 Å². The summed E-state index contributed by atoms with van der Waals surface area (Å²) in [6.07, 6.45) is 4.34. The lowest BCUT2D eigenvalue weighted by molar-refractivity contribution is 0.00902. The standard InChI is InChI=1S/C37H47N3O3/c1-37(2,3)43-36(41)40-24-22-39(23-25-40)31-18-20-38(21-19-31)30-13-10-28(11-14-30)35-33(27-8-6-5-7-9-27)16-12-29-26-32(42-4)15-17-34(29)35/h5-11,13-15,17,26,31,33,35H,12,16,18-25H2,1-4H3/t33-,35+/m1/s1. The first kappa shape index (κ1) is 29.6. The molecule has 2 saturated heterocycles. The van der Waals surface area contributed by atoms with Gasteiger partial charge in [0.25, 0.3) is 0 Å². The first-order chi connectivity index (χ1) is 20.8. The summed E-state index contributed by atoms with van der Waals surface area (Å²) in [7, 11) is 1.75. The molecule has 2 aliphatic heterocycles. The maximum Gasteiger partial charge on any atom is 0.410 e. The fourth-order valence-corrected chi connectivity index (χ4v) is 7.37. The van der Waals surface area contributed by atoms with Gasteiger partial charge in [0, 0.05) is 56.9 Å². The number of rotatable bonds is 5. The molecule has 2 atom stereocenters. The number of ether oxygens (including phenoxy) is 2. The van der Waals surface area contributed by atoms with Crippen LogP contribution in [0, 0.1) is 0 Å². The van der Waals surface area contributed by atoms with E-state index in [0.29, 0.717) is 17.9 Å². The van der Waals surface area contributed by atoms with Crippen molar-refractivity contribution in [3.8, 4) is 5.75 Å². The van der Waals surface area contributed by atoms with Gasteiger partial charge >= 0.3 is 6.09 Å². The van der Waals surface area contributed by atoms with Crippen LogP contribution in [0.3, 0.4) is 0 Å². The molecular weight excluding hydrogens is 534 g/mol. The molecule has 43 heavy (non-hydrogen) atoms. The number of piperidine rings is 1. The van der Waals surface area contributed by atoms with Crippen molar-refractivity contribution in [2.45, 2.75) is 69.9 Å². The zero-order valence-electron chi connectivity index (χ0n) is 26.3. The fraction of sp³-hybridized carbons (Fsp3) is 0.486. The Labute approximate surface area is 257 Å². The maximum absolute atomic E-state index is 12.5. The van der Waals surface area contributed by atoms with Gasteiger partial charge in [0.1, 0.15) is 11.4 Å². The monoisotopic (exact) mass is 581 g/mol. The number of fused-ring (bicyclic) bond motifs is 1. The molecule has 3 aliphatic rings. The Bertz CT molecular complexity index is 1370. The lowest BCUT2D eigenvalue weighted by atomic mass is 9.69. The first-order valence-corrected chi connectivity index (χ1v) is 16.1. The molecule has 3 aromatic carbocycles. The Hall–Kier alpha value is -3.51. The lowest BCUT2D eigenvalue weighted by Crippen LogP contribution is -2.55. The number of anilines is 1. The molecule has 228 valence electrons. The molecule has 6 heteroatoms. The van der Waals surface area contributed by atoms with Gasteiger partial charge in [-0.3, -0.25) is 4.90 Å². The second kappa shape index (κ2) is 12.6. The number of amides is 1. The molecule has 3 aromatic rings. The van der Waals surface area contributed by atoms with Crippen molar-refractivity contribution in [2.75, 3.05) is 51.3 Å². The molecule has 1 aliphatic carbocycles. The number of carbonyl (C=O) groups excluding carboxylic acids is 1. The van der Waals surface area contributed by atoms with Crippen molar-refractivity contribution < 1.29 is 14.3 Å². The van der Waals surface area contributed by atoms with Gasteiger partial charge in [-0.15, -0.1) is 0 Å². The van der Waals surface area contributed by atoms with Crippen LogP contribution in [0.25, 0.3) is 0 Å². The van der Waals surface area contributed by atoms with E-state index in [4.69, 9.17) is 9.47 Å². The normalized spacial score (nSPS) is 21.8. The zero-order valence-corrected chi connectivity index (χ0v) is 26.3. The van der Waals surface area contributed by atoms with Crippen LogP contribution in [0.4, 0.5) is 10.5 Å². The molecule has 6 rings (SSSR count). The van der Waals surface area contributed by atoms with Crippen LogP contribution < -0.4 is 9.64 Å². The zero-order chi connectivity index (χ0) is 30.0. The molecule has 0 saturated carbocycles.